The Kier molecular flexibility index (Phi) is 5.96. The van der Waals surface area contributed by atoms with Crippen molar-refractivity contribution in [2.24, 2.45) is 0 Å². The van der Waals surface area contributed by atoms with E-state index in [0.717, 1.165) is 11.3 Å². The van der Waals surface area contributed by atoms with E-state index in [1.165, 1.54) is 0 Å². The summed E-state index contributed by atoms with van der Waals surface area (Å²) in [7, 11) is 0. The number of aromatic nitrogens is 1. The molecule has 0 saturated carbocycles. The molecule has 6 heteroatoms. The van der Waals surface area contributed by atoms with Crippen molar-refractivity contribution in [2.75, 3.05) is 6.61 Å². The Hall–Kier alpha value is -2.11. The molecule has 0 spiro atoms. The van der Waals surface area contributed by atoms with E-state index in [4.69, 9.17) is 4.74 Å². The summed E-state index contributed by atoms with van der Waals surface area (Å²) in [5, 5.41) is 2.63. The Labute approximate surface area is 117 Å². The minimum Gasteiger partial charge on any atom is -0.466 e. The molecule has 0 bridgehead atoms. The molecule has 1 aromatic rings. The number of amides is 1. The van der Waals surface area contributed by atoms with Gasteiger partial charge in [-0.1, -0.05) is 0 Å². The fourth-order valence-electron chi connectivity index (χ4n) is 1.83. The molecule has 110 valence electrons. The van der Waals surface area contributed by atoms with Crippen molar-refractivity contribution < 1.29 is 14.3 Å². The number of nitrogens with one attached hydrogen (secondary N) is 2. The molecule has 0 aliphatic heterocycles. The Bertz CT molecular complexity index is 549. The monoisotopic (exact) mass is 280 g/mol. The van der Waals surface area contributed by atoms with Gasteiger partial charge in [0.25, 0.3) is 5.56 Å². The van der Waals surface area contributed by atoms with E-state index >= 15 is 0 Å². The van der Waals surface area contributed by atoms with Crippen LogP contribution in [0.15, 0.2) is 10.9 Å². The normalized spacial score (nSPS) is 10.2. The maximum absolute atomic E-state index is 11.7. The minimum atomic E-state index is -0.396. The van der Waals surface area contributed by atoms with Crippen LogP contribution < -0.4 is 10.9 Å². The van der Waals surface area contributed by atoms with Gasteiger partial charge < -0.3 is 15.0 Å². The van der Waals surface area contributed by atoms with Gasteiger partial charge in [0.2, 0.25) is 5.91 Å². The van der Waals surface area contributed by atoms with Crippen molar-refractivity contribution in [3.8, 4) is 0 Å². The number of aryl methyl sites for hydroxylation is 2. The SMILES string of the molecule is CCOC(=O)CCC(=O)NCc1c(C)cc(C)[nH]c1=O. The first-order valence-electron chi connectivity index (χ1n) is 6.55. The molecule has 6 nitrogen and oxygen atoms in total. The number of esters is 1. The molecule has 0 aliphatic rings. The number of aromatic amines is 1. The number of pyridine rings is 1. The average Bonchev–Trinajstić information content (AvgIpc) is 2.35. The zero-order chi connectivity index (χ0) is 15.1. The summed E-state index contributed by atoms with van der Waals surface area (Å²) in [4.78, 5) is 37.1. The molecule has 1 aromatic heterocycles. The van der Waals surface area contributed by atoms with E-state index in [2.05, 4.69) is 10.3 Å². The first kappa shape index (κ1) is 15.9. The van der Waals surface area contributed by atoms with Crippen LogP contribution in [-0.4, -0.2) is 23.5 Å². The Balaban J connectivity index is 2.50. The van der Waals surface area contributed by atoms with E-state index in [1.807, 2.05) is 13.0 Å². The summed E-state index contributed by atoms with van der Waals surface area (Å²) in [6.07, 6.45) is 0.102. The minimum absolute atomic E-state index is 0.0446. The van der Waals surface area contributed by atoms with Crippen molar-refractivity contribution >= 4 is 11.9 Å². The summed E-state index contributed by atoms with van der Waals surface area (Å²) in [6.45, 7) is 5.80. The summed E-state index contributed by atoms with van der Waals surface area (Å²) < 4.78 is 4.73. The Morgan fingerprint density at radius 2 is 2.00 bits per heavy atom. The molecule has 1 rings (SSSR count). The van der Waals surface area contributed by atoms with Crippen LogP contribution in [0.4, 0.5) is 0 Å². The second-order valence-corrected chi connectivity index (χ2v) is 4.52. The van der Waals surface area contributed by atoms with Crippen LogP contribution >= 0.6 is 0 Å². The van der Waals surface area contributed by atoms with Crippen molar-refractivity contribution in [2.45, 2.75) is 40.2 Å². The second-order valence-electron chi connectivity index (χ2n) is 4.52. The van der Waals surface area contributed by atoms with Crippen molar-refractivity contribution in [3.63, 3.8) is 0 Å². The molecule has 1 heterocycles. The van der Waals surface area contributed by atoms with E-state index in [1.54, 1.807) is 13.8 Å². The Morgan fingerprint density at radius 3 is 2.60 bits per heavy atom. The highest BCUT2D eigenvalue weighted by molar-refractivity contribution is 5.81. The standard InChI is InChI=1S/C14H20N2O4/c1-4-20-13(18)6-5-12(17)15-8-11-9(2)7-10(3)16-14(11)19/h7H,4-6,8H2,1-3H3,(H,15,17)(H,16,19). The van der Waals surface area contributed by atoms with Crippen LogP contribution in [0.2, 0.25) is 0 Å². The van der Waals surface area contributed by atoms with Crippen LogP contribution in [0.5, 0.6) is 0 Å². The topological polar surface area (TPSA) is 88.3 Å². The maximum atomic E-state index is 11.7. The fraction of sp³-hybridized carbons (Fsp3) is 0.500. The number of carbonyl (C=O) groups excluding carboxylic acids is 2. The lowest BCUT2D eigenvalue weighted by atomic mass is 10.1. The van der Waals surface area contributed by atoms with E-state index in [-0.39, 0.29) is 30.9 Å². The molecule has 0 unspecified atom stereocenters. The molecule has 0 saturated heterocycles. The third-order valence-electron chi connectivity index (χ3n) is 2.82. The van der Waals surface area contributed by atoms with Crippen LogP contribution in [0.25, 0.3) is 0 Å². The van der Waals surface area contributed by atoms with Crippen LogP contribution in [0, 0.1) is 13.8 Å². The van der Waals surface area contributed by atoms with Gasteiger partial charge in [0.15, 0.2) is 0 Å². The Morgan fingerprint density at radius 1 is 1.30 bits per heavy atom. The van der Waals surface area contributed by atoms with Gasteiger partial charge >= 0.3 is 5.97 Å². The highest BCUT2D eigenvalue weighted by atomic mass is 16.5. The van der Waals surface area contributed by atoms with Crippen molar-refractivity contribution in [3.05, 3.63) is 33.2 Å². The largest absolute Gasteiger partial charge is 0.466 e. The summed E-state index contributed by atoms with van der Waals surface area (Å²) >= 11 is 0. The van der Waals surface area contributed by atoms with Gasteiger partial charge in [-0.15, -0.1) is 0 Å². The quantitative estimate of drug-likeness (QED) is 0.759. The van der Waals surface area contributed by atoms with E-state index in [0.29, 0.717) is 12.2 Å². The average molecular weight is 280 g/mol. The van der Waals surface area contributed by atoms with E-state index < -0.39 is 5.97 Å². The number of ether oxygens (including phenoxy) is 1. The summed E-state index contributed by atoms with van der Waals surface area (Å²) in [5.41, 5.74) is 1.94. The molecule has 1 amide bonds. The second kappa shape index (κ2) is 7.47. The van der Waals surface area contributed by atoms with Crippen LogP contribution in [-0.2, 0) is 20.9 Å². The maximum Gasteiger partial charge on any atom is 0.306 e. The molecule has 0 atom stereocenters. The van der Waals surface area contributed by atoms with E-state index in [9.17, 15) is 14.4 Å². The lowest BCUT2D eigenvalue weighted by molar-refractivity contribution is -0.144. The summed E-state index contributed by atoms with van der Waals surface area (Å²) in [5.74, 6) is -0.676. The molecule has 0 radical (unpaired) electrons. The lowest BCUT2D eigenvalue weighted by Crippen LogP contribution is -2.28. The van der Waals surface area contributed by atoms with Gasteiger partial charge in [0.05, 0.1) is 13.0 Å². The lowest BCUT2D eigenvalue weighted by Gasteiger charge is -2.08. The molecule has 0 fully saturated rings. The number of rotatable bonds is 6. The van der Waals surface area contributed by atoms with Gasteiger partial charge in [-0.05, 0) is 32.4 Å². The predicted molar refractivity (Wildman–Crippen MR) is 74.3 cm³/mol. The number of hydrogen-bond acceptors (Lipinski definition) is 4. The zero-order valence-corrected chi connectivity index (χ0v) is 12.0. The molecule has 0 aromatic carbocycles. The smallest absolute Gasteiger partial charge is 0.306 e. The van der Waals surface area contributed by atoms with Gasteiger partial charge in [-0.25, -0.2) is 0 Å². The number of H-pyrrole nitrogens is 1. The van der Waals surface area contributed by atoms with Gasteiger partial charge in [-0.3, -0.25) is 14.4 Å². The molecular weight excluding hydrogens is 260 g/mol. The van der Waals surface area contributed by atoms with Crippen LogP contribution in [0.3, 0.4) is 0 Å². The predicted octanol–water partition coefficient (Wildman–Crippen LogP) is 0.951. The van der Waals surface area contributed by atoms with Gasteiger partial charge in [0.1, 0.15) is 0 Å². The fourth-order valence-corrected chi connectivity index (χ4v) is 1.83. The third kappa shape index (κ3) is 4.87. The molecule has 2 N–H and O–H groups in total. The number of hydrogen-bond donors (Lipinski definition) is 2. The van der Waals surface area contributed by atoms with Gasteiger partial charge in [0, 0.05) is 24.2 Å². The van der Waals surface area contributed by atoms with Gasteiger partial charge in [-0.2, -0.15) is 0 Å². The molecule has 20 heavy (non-hydrogen) atoms. The van der Waals surface area contributed by atoms with Crippen molar-refractivity contribution in [1.82, 2.24) is 10.3 Å². The third-order valence-corrected chi connectivity index (χ3v) is 2.82. The highest BCUT2D eigenvalue weighted by Crippen LogP contribution is 2.03. The number of carbonyl (C=O) groups is 2. The van der Waals surface area contributed by atoms with Crippen LogP contribution in [0.1, 0.15) is 36.6 Å². The first-order valence-corrected chi connectivity index (χ1v) is 6.55. The molecular formula is C14H20N2O4. The van der Waals surface area contributed by atoms with Crippen molar-refractivity contribution in [1.29, 1.82) is 0 Å². The molecule has 0 aliphatic carbocycles. The zero-order valence-electron chi connectivity index (χ0n) is 12.0. The first-order chi connectivity index (χ1) is 9.43. The highest BCUT2D eigenvalue weighted by Gasteiger charge is 2.09. The summed E-state index contributed by atoms with van der Waals surface area (Å²) in [6, 6.07) is 1.85.